The van der Waals surface area contributed by atoms with Crippen LogP contribution in [0.15, 0.2) is 77.6 Å². The first-order valence-corrected chi connectivity index (χ1v) is 8.29. The number of hydrogen-bond acceptors (Lipinski definition) is 2. The summed E-state index contributed by atoms with van der Waals surface area (Å²) in [5.41, 5.74) is 2.97. The van der Waals surface area contributed by atoms with Crippen LogP contribution in [0.4, 0.5) is 0 Å². The molecule has 0 radical (unpaired) electrons. The van der Waals surface area contributed by atoms with Crippen LogP contribution in [0.5, 0.6) is 5.75 Å². The number of aromatic hydroxyl groups is 1. The van der Waals surface area contributed by atoms with Gasteiger partial charge in [0.05, 0.1) is 16.6 Å². The molecular weight excluding hydrogens is 310 g/mol. The van der Waals surface area contributed by atoms with Crippen LogP contribution in [-0.2, 0) is 6.42 Å². The molecule has 0 saturated heterocycles. The van der Waals surface area contributed by atoms with E-state index >= 15 is 0 Å². The summed E-state index contributed by atoms with van der Waals surface area (Å²) in [6.45, 7) is 0. The number of nitrogens with zero attached hydrogens (tertiary/aromatic N) is 1. The predicted molar refractivity (Wildman–Crippen MR) is 101 cm³/mol. The maximum absolute atomic E-state index is 13.2. The highest BCUT2D eigenvalue weighted by Crippen LogP contribution is 2.36. The van der Waals surface area contributed by atoms with E-state index in [1.54, 1.807) is 4.40 Å². The lowest BCUT2D eigenvalue weighted by molar-refractivity contribution is 0.474. The van der Waals surface area contributed by atoms with Gasteiger partial charge >= 0.3 is 0 Å². The highest BCUT2D eigenvalue weighted by Gasteiger charge is 2.20. The van der Waals surface area contributed by atoms with Gasteiger partial charge in [-0.2, -0.15) is 0 Å². The van der Waals surface area contributed by atoms with Gasteiger partial charge in [0, 0.05) is 22.6 Å². The molecular formula is C22H15NO2. The molecule has 3 heteroatoms. The lowest BCUT2D eigenvalue weighted by Crippen LogP contribution is -2.18. The molecule has 0 spiro atoms. The molecule has 1 N–H and O–H groups in total. The Morgan fingerprint density at radius 2 is 1.44 bits per heavy atom. The Labute approximate surface area is 143 Å². The quantitative estimate of drug-likeness (QED) is 0.524. The third kappa shape index (κ3) is 1.89. The third-order valence-electron chi connectivity index (χ3n) is 4.92. The van der Waals surface area contributed by atoms with Gasteiger partial charge in [-0.25, -0.2) is 0 Å². The Bertz CT molecular complexity index is 1290. The molecule has 0 aliphatic rings. The molecule has 0 aliphatic heterocycles. The summed E-state index contributed by atoms with van der Waals surface area (Å²) in [5.74, 6) is 0.0924. The largest absolute Gasteiger partial charge is 0.507 e. The second kappa shape index (κ2) is 5.08. The Morgan fingerprint density at radius 1 is 0.760 bits per heavy atom. The average Bonchev–Trinajstić information content (AvgIpc) is 3.00. The first-order valence-electron chi connectivity index (χ1n) is 8.29. The highest BCUT2D eigenvalue weighted by molar-refractivity contribution is 6.15. The molecule has 5 aromatic rings. The van der Waals surface area contributed by atoms with Crippen molar-refractivity contribution in [2.45, 2.75) is 6.42 Å². The van der Waals surface area contributed by atoms with Crippen LogP contribution in [0, 0.1) is 0 Å². The first kappa shape index (κ1) is 14.1. The molecule has 3 nitrogen and oxygen atoms in total. The van der Waals surface area contributed by atoms with Crippen LogP contribution < -0.4 is 5.56 Å². The molecule has 0 unspecified atom stereocenters. The maximum Gasteiger partial charge on any atom is 0.262 e. The normalized spacial score (nSPS) is 11.7. The van der Waals surface area contributed by atoms with Crippen molar-refractivity contribution in [1.29, 1.82) is 0 Å². The zero-order valence-electron chi connectivity index (χ0n) is 13.4. The van der Waals surface area contributed by atoms with E-state index in [1.807, 2.05) is 72.8 Å². The molecule has 2 heterocycles. The summed E-state index contributed by atoms with van der Waals surface area (Å²) in [5, 5.41) is 13.6. The summed E-state index contributed by atoms with van der Waals surface area (Å²) in [6.07, 6.45) is 0.411. The van der Waals surface area contributed by atoms with Crippen LogP contribution in [-0.4, -0.2) is 9.51 Å². The van der Waals surface area contributed by atoms with Gasteiger partial charge in [0.15, 0.2) is 0 Å². The summed E-state index contributed by atoms with van der Waals surface area (Å²) < 4.78 is 1.75. The monoisotopic (exact) mass is 325 g/mol. The number of pyridine rings is 1. The van der Waals surface area contributed by atoms with Crippen LogP contribution in [0.2, 0.25) is 0 Å². The second-order valence-electron chi connectivity index (χ2n) is 6.35. The number of benzene rings is 3. The smallest absolute Gasteiger partial charge is 0.262 e. The van der Waals surface area contributed by atoms with E-state index in [9.17, 15) is 9.90 Å². The van der Waals surface area contributed by atoms with Crippen LogP contribution >= 0.6 is 0 Å². The Hall–Kier alpha value is -3.33. The molecule has 5 rings (SSSR count). The maximum atomic E-state index is 13.2. The van der Waals surface area contributed by atoms with Gasteiger partial charge in [0.2, 0.25) is 0 Å². The summed E-state index contributed by atoms with van der Waals surface area (Å²) >= 11 is 0. The number of aromatic nitrogens is 1. The SMILES string of the molecule is O=c1c(Cc2ccccc2)c(O)c2cccc3c4ccccc4n1c23. The lowest BCUT2D eigenvalue weighted by atomic mass is 10.0. The topological polar surface area (TPSA) is 41.7 Å². The minimum absolute atomic E-state index is 0.0924. The first-order chi connectivity index (χ1) is 12.3. The molecule has 0 atom stereocenters. The second-order valence-corrected chi connectivity index (χ2v) is 6.35. The summed E-state index contributed by atoms with van der Waals surface area (Å²) in [7, 11) is 0. The zero-order valence-corrected chi connectivity index (χ0v) is 13.4. The van der Waals surface area contributed by atoms with E-state index in [2.05, 4.69) is 0 Å². The zero-order chi connectivity index (χ0) is 17.0. The van der Waals surface area contributed by atoms with Crippen molar-refractivity contribution >= 4 is 27.2 Å². The fourth-order valence-corrected chi connectivity index (χ4v) is 3.78. The molecule has 0 bridgehead atoms. The van der Waals surface area contributed by atoms with Crippen LogP contribution in [0.1, 0.15) is 11.1 Å². The van der Waals surface area contributed by atoms with E-state index in [0.717, 1.165) is 32.8 Å². The molecule has 0 aliphatic carbocycles. The van der Waals surface area contributed by atoms with E-state index in [0.29, 0.717) is 12.0 Å². The van der Waals surface area contributed by atoms with Gasteiger partial charge in [-0.05, 0) is 17.7 Å². The molecule has 120 valence electrons. The lowest BCUT2D eigenvalue weighted by Gasteiger charge is -2.09. The van der Waals surface area contributed by atoms with Gasteiger partial charge in [-0.1, -0.05) is 60.7 Å². The Morgan fingerprint density at radius 3 is 2.28 bits per heavy atom. The Kier molecular flexibility index (Phi) is 2.86. The van der Waals surface area contributed by atoms with Gasteiger partial charge in [-0.15, -0.1) is 0 Å². The summed E-state index contributed by atoms with van der Waals surface area (Å²) in [4.78, 5) is 13.2. The number of para-hydroxylation sites is 2. The average molecular weight is 325 g/mol. The number of rotatable bonds is 2. The van der Waals surface area contributed by atoms with Crippen molar-refractivity contribution in [2.24, 2.45) is 0 Å². The van der Waals surface area contributed by atoms with Crippen molar-refractivity contribution in [2.75, 3.05) is 0 Å². The molecule has 3 aromatic carbocycles. The minimum atomic E-state index is -0.147. The minimum Gasteiger partial charge on any atom is -0.507 e. The van der Waals surface area contributed by atoms with Crippen molar-refractivity contribution < 1.29 is 5.11 Å². The Balaban J connectivity index is 1.95. The van der Waals surface area contributed by atoms with E-state index in [1.165, 1.54) is 0 Å². The standard InChI is InChI=1S/C22H15NO2/c24-21-17-11-6-10-16-15-9-4-5-12-19(15)23(20(16)17)22(25)18(21)13-14-7-2-1-3-8-14/h1-12,24H,13H2. The predicted octanol–water partition coefficient (Wildman–Crippen LogP) is 4.34. The van der Waals surface area contributed by atoms with Gasteiger partial charge < -0.3 is 5.11 Å². The van der Waals surface area contributed by atoms with Crippen LogP contribution in [0.3, 0.4) is 0 Å². The third-order valence-corrected chi connectivity index (χ3v) is 4.92. The van der Waals surface area contributed by atoms with Crippen molar-refractivity contribution in [1.82, 2.24) is 4.40 Å². The molecule has 0 saturated carbocycles. The fourth-order valence-electron chi connectivity index (χ4n) is 3.78. The van der Waals surface area contributed by atoms with Gasteiger partial charge in [-0.3, -0.25) is 9.20 Å². The van der Waals surface area contributed by atoms with Crippen molar-refractivity contribution in [3.63, 3.8) is 0 Å². The van der Waals surface area contributed by atoms with Gasteiger partial charge in [0.1, 0.15) is 5.75 Å². The van der Waals surface area contributed by atoms with Crippen molar-refractivity contribution in [3.8, 4) is 5.75 Å². The molecule has 0 amide bonds. The fraction of sp³-hybridized carbons (Fsp3) is 0.0455. The van der Waals surface area contributed by atoms with E-state index < -0.39 is 0 Å². The molecule has 25 heavy (non-hydrogen) atoms. The molecule has 0 fully saturated rings. The van der Waals surface area contributed by atoms with Crippen molar-refractivity contribution in [3.05, 3.63) is 94.3 Å². The molecule has 2 aromatic heterocycles. The summed E-state index contributed by atoms with van der Waals surface area (Å²) in [6, 6.07) is 23.5. The van der Waals surface area contributed by atoms with Gasteiger partial charge in [0.25, 0.3) is 5.56 Å². The van der Waals surface area contributed by atoms with E-state index in [-0.39, 0.29) is 11.3 Å². The number of fused-ring (bicyclic) bond motifs is 3. The highest BCUT2D eigenvalue weighted by atomic mass is 16.3. The number of hydrogen-bond donors (Lipinski definition) is 1. The van der Waals surface area contributed by atoms with E-state index in [4.69, 9.17) is 0 Å². The van der Waals surface area contributed by atoms with Crippen LogP contribution in [0.25, 0.3) is 27.2 Å².